The van der Waals surface area contributed by atoms with Gasteiger partial charge in [-0.2, -0.15) is 0 Å². The molecule has 0 bridgehead atoms. The molecule has 0 aliphatic heterocycles. The summed E-state index contributed by atoms with van der Waals surface area (Å²) < 4.78 is 0. The first-order valence-electron chi connectivity index (χ1n) is 5.69. The summed E-state index contributed by atoms with van der Waals surface area (Å²) >= 11 is 1.70. The Morgan fingerprint density at radius 2 is 2.25 bits per heavy atom. The van der Waals surface area contributed by atoms with Crippen LogP contribution in [0.25, 0.3) is 0 Å². The van der Waals surface area contributed by atoms with E-state index in [0.29, 0.717) is 0 Å². The summed E-state index contributed by atoms with van der Waals surface area (Å²) in [5.74, 6) is 0.0749. The van der Waals surface area contributed by atoms with Crippen LogP contribution in [0.2, 0.25) is 0 Å². The maximum absolute atomic E-state index is 11.7. The molecule has 0 saturated heterocycles. The van der Waals surface area contributed by atoms with Crippen molar-refractivity contribution in [3.63, 3.8) is 0 Å². The third-order valence-corrected chi connectivity index (χ3v) is 3.43. The fourth-order valence-corrected chi connectivity index (χ4v) is 1.89. The van der Waals surface area contributed by atoms with Crippen molar-refractivity contribution < 1.29 is 4.79 Å². The quantitative estimate of drug-likeness (QED) is 0.800. The van der Waals surface area contributed by atoms with Gasteiger partial charge in [0.1, 0.15) is 0 Å². The highest BCUT2D eigenvalue weighted by atomic mass is 32.1. The van der Waals surface area contributed by atoms with Gasteiger partial charge in [-0.1, -0.05) is 13.0 Å². The average Bonchev–Trinajstić information content (AvgIpc) is 2.78. The molecule has 4 heteroatoms. The van der Waals surface area contributed by atoms with Gasteiger partial charge in [0, 0.05) is 17.5 Å². The van der Waals surface area contributed by atoms with Crippen LogP contribution < -0.4 is 10.6 Å². The van der Waals surface area contributed by atoms with E-state index in [1.807, 2.05) is 25.3 Å². The van der Waals surface area contributed by atoms with Gasteiger partial charge in [-0.05, 0) is 31.7 Å². The van der Waals surface area contributed by atoms with Crippen molar-refractivity contribution in [1.82, 2.24) is 10.6 Å². The van der Waals surface area contributed by atoms with Crippen molar-refractivity contribution in [2.45, 2.75) is 45.8 Å². The first kappa shape index (κ1) is 13.2. The van der Waals surface area contributed by atoms with Crippen LogP contribution in [0.5, 0.6) is 0 Å². The number of nitrogens with one attached hydrogen (secondary N) is 2. The maximum atomic E-state index is 11.7. The van der Waals surface area contributed by atoms with E-state index in [1.165, 1.54) is 4.88 Å². The van der Waals surface area contributed by atoms with Gasteiger partial charge in [0.15, 0.2) is 0 Å². The standard InChI is InChI=1S/C12H20N2OS/c1-4-9(2)14-12(15)10(3)13-8-11-6-5-7-16-11/h5-7,9-10,13H,4,8H2,1-3H3,(H,14,15). The monoisotopic (exact) mass is 240 g/mol. The second-order valence-electron chi connectivity index (χ2n) is 4.00. The molecule has 0 aromatic carbocycles. The smallest absolute Gasteiger partial charge is 0.237 e. The Hall–Kier alpha value is -0.870. The molecule has 0 spiro atoms. The van der Waals surface area contributed by atoms with Crippen molar-refractivity contribution >= 4 is 17.2 Å². The summed E-state index contributed by atoms with van der Waals surface area (Å²) in [6.07, 6.45) is 0.962. The van der Waals surface area contributed by atoms with Gasteiger partial charge in [0.25, 0.3) is 0 Å². The molecule has 0 fully saturated rings. The van der Waals surface area contributed by atoms with Gasteiger partial charge in [-0.15, -0.1) is 11.3 Å². The number of carbonyl (C=O) groups excluding carboxylic acids is 1. The van der Waals surface area contributed by atoms with Gasteiger partial charge < -0.3 is 10.6 Å². The first-order chi connectivity index (χ1) is 7.63. The lowest BCUT2D eigenvalue weighted by atomic mass is 10.2. The SMILES string of the molecule is CCC(C)NC(=O)C(C)NCc1cccs1. The molecule has 1 aromatic heterocycles. The lowest BCUT2D eigenvalue weighted by molar-refractivity contribution is -0.123. The summed E-state index contributed by atoms with van der Waals surface area (Å²) in [6, 6.07) is 4.19. The van der Waals surface area contributed by atoms with E-state index in [4.69, 9.17) is 0 Å². The van der Waals surface area contributed by atoms with E-state index < -0.39 is 0 Å². The molecule has 90 valence electrons. The molecule has 16 heavy (non-hydrogen) atoms. The molecule has 0 radical (unpaired) electrons. The molecule has 0 aliphatic carbocycles. The van der Waals surface area contributed by atoms with E-state index in [9.17, 15) is 4.79 Å². The molecule has 1 amide bonds. The van der Waals surface area contributed by atoms with Crippen LogP contribution in [-0.4, -0.2) is 18.0 Å². The molecular weight excluding hydrogens is 220 g/mol. The summed E-state index contributed by atoms with van der Waals surface area (Å²) in [5.41, 5.74) is 0. The normalized spacial score (nSPS) is 14.4. The van der Waals surface area contributed by atoms with E-state index in [0.717, 1.165) is 13.0 Å². The van der Waals surface area contributed by atoms with Crippen LogP contribution in [0.1, 0.15) is 32.1 Å². The lowest BCUT2D eigenvalue weighted by Crippen LogP contribution is -2.44. The highest BCUT2D eigenvalue weighted by Crippen LogP contribution is 2.07. The number of thiophene rings is 1. The third kappa shape index (κ3) is 4.33. The zero-order valence-corrected chi connectivity index (χ0v) is 10.9. The molecule has 1 heterocycles. The Balaban J connectivity index is 2.29. The van der Waals surface area contributed by atoms with Crippen LogP contribution in [0.4, 0.5) is 0 Å². The average molecular weight is 240 g/mol. The van der Waals surface area contributed by atoms with E-state index in [2.05, 4.69) is 23.6 Å². The minimum Gasteiger partial charge on any atom is -0.352 e. The highest BCUT2D eigenvalue weighted by molar-refractivity contribution is 7.09. The second kappa shape index (κ2) is 6.66. The summed E-state index contributed by atoms with van der Waals surface area (Å²) in [5, 5.41) is 8.22. The van der Waals surface area contributed by atoms with Gasteiger partial charge in [0.05, 0.1) is 6.04 Å². The minimum atomic E-state index is -0.143. The van der Waals surface area contributed by atoms with Crippen molar-refractivity contribution in [3.05, 3.63) is 22.4 Å². The van der Waals surface area contributed by atoms with Crippen molar-refractivity contribution in [3.8, 4) is 0 Å². The fraction of sp³-hybridized carbons (Fsp3) is 0.583. The van der Waals surface area contributed by atoms with E-state index in [-0.39, 0.29) is 18.0 Å². The Kier molecular flexibility index (Phi) is 5.49. The van der Waals surface area contributed by atoms with Gasteiger partial charge in [-0.25, -0.2) is 0 Å². The molecule has 3 nitrogen and oxygen atoms in total. The summed E-state index contributed by atoms with van der Waals surface area (Å²) in [7, 11) is 0. The molecule has 0 aliphatic rings. The van der Waals surface area contributed by atoms with Crippen molar-refractivity contribution in [2.24, 2.45) is 0 Å². The van der Waals surface area contributed by atoms with Gasteiger partial charge in [0.2, 0.25) is 5.91 Å². The Labute approximate surface area is 101 Å². The number of amides is 1. The maximum Gasteiger partial charge on any atom is 0.237 e. The highest BCUT2D eigenvalue weighted by Gasteiger charge is 2.13. The topological polar surface area (TPSA) is 41.1 Å². The summed E-state index contributed by atoms with van der Waals surface area (Å²) in [4.78, 5) is 13.0. The first-order valence-corrected chi connectivity index (χ1v) is 6.57. The molecule has 0 saturated carbocycles. The number of hydrogen-bond acceptors (Lipinski definition) is 3. The van der Waals surface area contributed by atoms with Crippen molar-refractivity contribution in [2.75, 3.05) is 0 Å². The number of carbonyl (C=O) groups is 1. The van der Waals surface area contributed by atoms with Gasteiger partial charge in [-0.3, -0.25) is 4.79 Å². The number of hydrogen-bond donors (Lipinski definition) is 2. The molecule has 2 atom stereocenters. The Bertz CT molecular complexity index is 311. The van der Waals surface area contributed by atoms with Crippen LogP contribution in [0.15, 0.2) is 17.5 Å². The predicted molar refractivity (Wildman–Crippen MR) is 68.5 cm³/mol. The second-order valence-corrected chi connectivity index (χ2v) is 5.03. The van der Waals surface area contributed by atoms with Gasteiger partial charge >= 0.3 is 0 Å². The predicted octanol–water partition coefficient (Wildman–Crippen LogP) is 2.14. The van der Waals surface area contributed by atoms with Crippen LogP contribution in [0, 0.1) is 0 Å². The lowest BCUT2D eigenvalue weighted by Gasteiger charge is -2.17. The minimum absolute atomic E-state index is 0.0749. The summed E-state index contributed by atoms with van der Waals surface area (Å²) in [6.45, 7) is 6.73. The van der Waals surface area contributed by atoms with E-state index in [1.54, 1.807) is 11.3 Å². The fourth-order valence-electron chi connectivity index (χ4n) is 1.23. The largest absolute Gasteiger partial charge is 0.352 e. The zero-order chi connectivity index (χ0) is 12.0. The molecule has 1 rings (SSSR count). The third-order valence-electron chi connectivity index (χ3n) is 2.56. The molecule has 2 N–H and O–H groups in total. The van der Waals surface area contributed by atoms with Crippen LogP contribution in [0.3, 0.4) is 0 Å². The zero-order valence-electron chi connectivity index (χ0n) is 10.1. The van der Waals surface area contributed by atoms with Crippen molar-refractivity contribution in [1.29, 1.82) is 0 Å². The van der Waals surface area contributed by atoms with E-state index >= 15 is 0 Å². The number of rotatable bonds is 6. The Morgan fingerprint density at radius 3 is 2.81 bits per heavy atom. The molecule has 2 unspecified atom stereocenters. The molecular formula is C12H20N2OS. The Morgan fingerprint density at radius 1 is 1.50 bits per heavy atom. The molecule has 1 aromatic rings. The van der Waals surface area contributed by atoms with Crippen LogP contribution in [-0.2, 0) is 11.3 Å². The van der Waals surface area contributed by atoms with Crippen LogP contribution >= 0.6 is 11.3 Å².